The van der Waals surface area contributed by atoms with E-state index in [-0.39, 0.29) is 5.56 Å². The summed E-state index contributed by atoms with van der Waals surface area (Å²) in [6.07, 6.45) is 5.19. The summed E-state index contributed by atoms with van der Waals surface area (Å²) in [4.78, 5) is 22.1. The highest BCUT2D eigenvalue weighted by Crippen LogP contribution is 2.29. The number of aromatic nitrogens is 4. The Kier molecular flexibility index (Phi) is 3.46. The summed E-state index contributed by atoms with van der Waals surface area (Å²) in [5, 5.41) is 4.66. The van der Waals surface area contributed by atoms with Crippen LogP contribution < -0.4 is 5.56 Å². The highest BCUT2D eigenvalue weighted by atomic mass is 16.5. The number of aryl methyl sites for hydroxylation is 1. The van der Waals surface area contributed by atoms with E-state index in [0.717, 1.165) is 32.0 Å². The molecule has 2 aromatic heterocycles. The molecule has 0 aromatic carbocycles. The average Bonchev–Trinajstić information content (AvgIpc) is 3.10. The van der Waals surface area contributed by atoms with Crippen LogP contribution in [-0.2, 0) is 18.3 Å². The molecule has 4 rings (SSSR count). The van der Waals surface area contributed by atoms with Crippen LogP contribution in [-0.4, -0.2) is 50.4 Å². The maximum atomic E-state index is 12.1. The lowest BCUT2D eigenvalue weighted by atomic mass is 10.1. The lowest BCUT2D eigenvalue weighted by Crippen LogP contribution is -2.33. The first-order chi connectivity index (χ1) is 10.7. The molecule has 0 bridgehead atoms. The number of hydrogen-bond acceptors (Lipinski definition) is 5. The summed E-state index contributed by atoms with van der Waals surface area (Å²) in [5.41, 5.74) is 0.548. The first-order valence-electron chi connectivity index (χ1n) is 7.93. The number of nitrogens with zero attached hydrogens (tertiary/aromatic N) is 4. The molecular weight excluding hydrogens is 282 g/mol. The number of ether oxygens (including phenoxy) is 1. The molecule has 0 spiro atoms. The third-order valence-corrected chi connectivity index (χ3v) is 4.58. The van der Waals surface area contributed by atoms with Crippen molar-refractivity contribution >= 4 is 11.0 Å². The third kappa shape index (κ3) is 2.66. The number of H-pyrrole nitrogens is 1. The molecular formula is C15H21N5O2. The second kappa shape index (κ2) is 5.48. The van der Waals surface area contributed by atoms with Gasteiger partial charge in [-0.25, -0.2) is 4.98 Å². The molecule has 1 aliphatic heterocycles. The van der Waals surface area contributed by atoms with Crippen molar-refractivity contribution in [3.63, 3.8) is 0 Å². The normalized spacial score (nSPS) is 22.0. The first kappa shape index (κ1) is 13.9. The fourth-order valence-corrected chi connectivity index (χ4v) is 3.19. The smallest absolute Gasteiger partial charge is 0.262 e. The molecule has 2 fully saturated rings. The summed E-state index contributed by atoms with van der Waals surface area (Å²) in [7, 11) is 1.81. The molecule has 118 valence electrons. The fraction of sp³-hybridized carbons (Fsp3) is 0.667. The zero-order valence-electron chi connectivity index (χ0n) is 12.8. The van der Waals surface area contributed by atoms with Gasteiger partial charge in [-0.2, -0.15) is 5.10 Å². The molecule has 0 radical (unpaired) electrons. The van der Waals surface area contributed by atoms with E-state index in [2.05, 4.69) is 20.0 Å². The number of fused-ring (bicyclic) bond motifs is 1. The van der Waals surface area contributed by atoms with Gasteiger partial charge in [-0.1, -0.05) is 0 Å². The predicted molar refractivity (Wildman–Crippen MR) is 81.5 cm³/mol. The molecule has 1 atom stereocenters. The van der Waals surface area contributed by atoms with Gasteiger partial charge in [-0.3, -0.25) is 14.4 Å². The van der Waals surface area contributed by atoms with Gasteiger partial charge in [0.25, 0.3) is 5.56 Å². The minimum atomic E-state index is -0.104. The Morgan fingerprint density at radius 2 is 2.32 bits per heavy atom. The third-order valence-electron chi connectivity index (χ3n) is 4.58. The molecule has 1 saturated heterocycles. The van der Waals surface area contributed by atoms with Crippen LogP contribution in [0.25, 0.3) is 11.0 Å². The van der Waals surface area contributed by atoms with Gasteiger partial charge in [0.15, 0.2) is 5.65 Å². The zero-order valence-corrected chi connectivity index (χ0v) is 12.8. The van der Waals surface area contributed by atoms with E-state index < -0.39 is 0 Å². The van der Waals surface area contributed by atoms with Crippen LogP contribution in [0.5, 0.6) is 0 Å². The van der Waals surface area contributed by atoms with Gasteiger partial charge < -0.3 is 9.72 Å². The molecule has 2 aromatic rings. The van der Waals surface area contributed by atoms with Crippen molar-refractivity contribution in [2.75, 3.05) is 19.8 Å². The van der Waals surface area contributed by atoms with Crippen molar-refractivity contribution in [1.82, 2.24) is 24.6 Å². The van der Waals surface area contributed by atoms with Crippen molar-refractivity contribution in [2.24, 2.45) is 13.0 Å². The lowest BCUT2D eigenvalue weighted by molar-refractivity contribution is 0.160. The van der Waals surface area contributed by atoms with Crippen molar-refractivity contribution in [3.8, 4) is 0 Å². The number of rotatable bonds is 5. The second-order valence-electron chi connectivity index (χ2n) is 6.41. The summed E-state index contributed by atoms with van der Waals surface area (Å²) in [6, 6.07) is 0.633. The van der Waals surface area contributed by atoms with Crippen LogP contribution in [0.15, 0.2) is 11.0 Å². The van der Waals surface area contributed by atoms with E-state index >= 15 is 0 Å². The predicted octanol–water partition coefficient (Wildman–Crippen LogP) is 0.657. The summed E-state index contributed by atoms with van der Waals surface area (Å²) < 4.78 is 7.13. The van der Waals surface area contributed by atoms with E-state index in [1.807, 2.05) is 7.05 Å². The monoisotopic (exact) mass is 303 g/mol. The second-order valence-corrected chi connectivity index (χ2v) is 6.41. The molecule has 1 aliphatic carbocycles. The Hall–Kier alpha value is -1.73. The molecule has 0 amide bonds. The van der Waals surface area contributed by atoms with Crippen LogP contribution in [0.3, 0.4) is 0 Å². The van der Waals surface area contributed by atoms with Crippen LogP contribution in [0, 0.1) is 5.92 Å². The molecule has 7 nitrogen and oxygen atoms in total. The van der Waals surface area contributed by atoms with Gasteiger partial charge in [0.05, 0.1) is 19.3 Å². The van der Waals surface area contributed by atoms with Crippen LogP contribution >= 0.6 is 0 Å². The largest absolute Gasteiger partial charge is 0.381 e. The van der Waals surface area contributed by atoms with Gasteiger partial charge in [0.2, 0.25) is 0 Å². The van der Waals surface area contributed by atoms with Crippen LogP contribution in [0.4, 0.5) is 0 Å². The average molecular weight is 303 g/mol. The topological polar surface area (TPSA) is 76.0 Å². The van der Waals surface area contributed by atoms with E-state index in [4.69, 9.17) is 4.74 Å². The van der Waals surface area contributed by atoms with Gasteiger partial charge in [0.1, 0.15) is 11.2 Å². The maximum Gasteiger partial charge on any atom is 0.262 e. The highest BCUT2D eigenvalue weighted by molar-refractivity contribution is 5.72. The van der Waals surface area contributed by atoms with Gasteiger partial charge in [-0.15, -0.1) is 0 Å². The van der Waals surface area contributed by atoms with E-state index in [1.54, 1.807) is 10.9 Å². The van der Waals surface area contributed by atoms with Gasteiger partial charge in [0, 0.05) is 26.2 Å². The van der Waals surface area contributed by atoms with Gasteiger partial charge >= 0.3 is 0 Å². The van der Waals surface area contributed by atoms with Crippen molar-refractivity contribution in [2.45, 2.75) is 31.8 Å². The summed E-state index contributed by atoms with van der Waals surface area (Å²) in [6.45, 7) is 3.45. The molecule has 3 heterocycles. The lowest BCUT2D eigenvalue weighted by Gasteiger charge is -2.24. The molecule has 0 unspecified atom stereocenters. The van der Waals surface area contributed by atoms with Crippen molar-refractivity contribution in [1.29, 1.82) is 0 Å². The van der Waals surface area contributed by atoms with E-state index in [0.29, 0.717) is 29.5 Å². The maximum absolute atomic E-state index is 12.1. The summed E-state index contributed by atoms with van der Waals surface area (Å²) in [5.74, 6) is 1.33. The molecule has 22 heavy (non-hydrogen) atoms. The number of aromatic amines is 1. The Bertz CT molecular complexity index is 727. The SMILES string of the molecule is Cn1ncc2c(=O)[nH]c(CN(C[C@@H]3CCOC3)C3CC3)nc21. The fourth-order valence-electron chi connectivity index (χ4n) is 3.19. The van der Waals surface area contributed by atoms with Crippen molar-refractivity contribution < 1.29 is 4.74 Å². The molecule has 1 N–H and O–H groups in total. The first-order valence-corrected chi connectivity index (χ1v) is 7.93. The quantitative estimate of drug-likeness (QED) is 0.878. The number of nitrogens with one attached hydrogen (secondary N) is 1. The number of hydrogen-bond donors (Lipinski definition) is 1. The Morgan fingerprint density at radius 3 is 3.05 bits per heavy atom. The standard InChI is InChI=1S/C15H21N5O2/c1-19-14-12(6-16-19)15(21)18-13(17-14)8-20(11-2-3-11)7-10-4-5-22-9-10/h6,10-11H,2-5,7-9H2,1H3,(H,17,18,21)/t10-/m0/s1. The Labute approximate surface area is 128 Å². The zero-order chi connectivity index (χ0) is 15.1. The van der Waals surface area contributed by atoms with Gasteiger partial charge in [-0.05, 0) is 25.2 Å². The summed E-state index contributed by atoms with van der Waals surface area (Å²) >= 11 is 0. The Morgan fingerprint density at radius 1 is 1.45 bits per heavy atom. The minimum absolute atomic E-state index is 0.104. The minimum Gasteiger partial charge on any atom is -0.381 e. The highest BCUT2D eigenvalue weighted by Gasteiger charge is 2.32. The van der Waals surface area contributed by atoms with E-state index in [9.17, 15) is 4.79 Å². The van der Waals surface area contributed by atoms with Crippen LogP contribution in [0.1, 0.15) is 25.1 Å². The molecule has 7 heteroatoms. The molecule has 2 aliphatic rings. The molecule has 1 saturated carbocycles. The van der Waals surface area contributed by atoms with E-state index in [1.165, 1.54) is 12.8 Å². The Balaban J connectivity index is 1.57. The van der Waals surface area contributed by atoms with Crippen LogP contribution in [0.2, 0.25) is 0 Å². The van der Waals surface area contributed by atoms with Crippen molar-refractivity contribution in [3.05, 3.63) is 22.4 Å².